The number of halogens is 1. The van der Waals surface area contributed by atoms with Gasteiger partial charge in [0.05, 0.1) is 22.4 Å². The van der Waals surface area contributed by atoms with Crippen molar-refractivity contribution in [1.82, 2.24) is 15.0 Å². The Balaban J connectivity index is 2.31. The summed E-state index contributed by atoms with van der Waals surface area (Å²) in [5.41, 5.74) is 4.73. The normalized spacial score (nSPS) is 12.7. The molecule has 0 amide bonds. The molecule has 1 heterocycles. The summed E-state index contributed by atoms with van der Waals surface area (Å²) in [5.74, 6) is 0. The summed E-state index contributed by atoms with van der Waals surface area (Å²) in [5, 5.41) is 8.39. The van der Waals surface area contributed by atoms with Gasteiger partial charge in [-0.3, -0.25) is 0 Å². The Morgan fingerprint density at radius 3 is 2.72 bits per heavy atom. The van der Waals surface area contributed by atoms with Gasteiger partial charge in [-0.15, -0.1) is 5.10 Å². The summed E-state index contributed by atoms with van der Waals surface area (Å²) in [7, 11) is 0. The van der Waals surface area contributed by atoms with Crippen LogP contribution in [-0.2, 0) is 6.42 Å². The predicted molar refractivity (Wildman–Crippen MR) is 77.4 cm³/mol. The van der Waals surface area contributed by atoms with Crippen LogP contribution in [0.2, 0.25) is 0 Å². The Labute approximate surface area is 116 Å². The highest BCUT2D eigenvalue weighted by atomic mass is 79.9. The third-order valence-electron chi connectivity index (χ3n) is 3.16. The van der Waals surface area contributed by atoms with Gasteiger partial charge >= 0.3 is 0 Å². The summed E-state index contributed by atoms with van der Waals surface area (Å²) in [6.45, 7) is 6.43. The second kappa shape index (κ2) is 5.65. The number of hydrogen-bond donors (Lipinski definition) is 0. The topological polar surface area (TPSA) is 30.7 Å². The van der Waals surface area contributed by atoms with Crippen molar-refractivity contribution in [3.63, 3.8) is 0 Å². The van der Waals surface area contributed by atoms with Crippen molar-refractivity contribution in [2.45, 2.75) is 38.4 Å². The van der Waals surface area contributed by atoms with Crippen LogP contribution in [0.3, 0.4) is 0 Å². The van der Waals surface area contributed by atoms with Crippen LogP contribution in [0.15, 0.2) is 24.4 Å². The first-order chi connectivity index (χ1) is 8.65. The number of hydrogen-bond acceptors (Lipinski definition) is 2. The zero-order valence-electron chi connectivity index (χ0n) is 11.0. The van der Waals surface area contributed by atoms with E-state index >= 15 is 0 Å². The molecule has 0 aliphatic heterocycles. The number of alkyl halides is 1. The van der Waals surface area contributed by atoms with Gasteiger partial charge in [-0.25, -0.2) is 4.68 Å². The molecule has 18 heavy (non-hydrogen) atoms. The average Bonchev–Trinajstić information content (AvgIpc) is 2.87. The van der Waals surface area contributed by atoms with Crippen LogP contribution < -0.4 is 0 Å². The molecule has 0 saturated heterocycles. The molecule has 0 spiro atoms. The lowest BCUT2D eigenvalue weighted by Gasteiger charge is -2.06. The van der Waals surface area contributed by atoms with E-state index in [9.17, 15) is 0 Å². The highest BCUT2D eigenvalue weighted by Crippen LogP contribution is 2.24. The van der Waals surface area contributed by atoms with Gasteiger partial charge in [0.15, 0.2) is 0 Å². The minimum absolute atomic E-state index is 0.280. The van der Waals surface area contributed by atoms with Crippen LogP contribution in [0.25, 0.3) is 5.69 Å². The van der Waals surface area contributed by atoms with Crippen LogP contribution in [0, 0.1) is 6.92 Å². The van der Waals surface area contributed by atoms with Crippen molar-refractivity contribution < 1.29 is 0 Å². The molecule has 4 heteroatoms. The monoisotopic (exact) mass is 307 g/mol. The zero-order valence-corrected chi connectivity index (χ0v) is 12.6. The van der Waals surface area contributed by atoms with E-state index in [0.717, 1.165) is 24.2 Å². The zero-order chi connectivity index (χ0) is 13.1. The minimum atomic E-state index is 0.280. The Hall–Kier alpha value is -1.16. The number of aromatic nitrogens is 3. The molecule has 0 radical (unpaired) electrons. The van der Waals surface area contributed by atoms with Crippen molar-refractivity contribution >= 4 is 15.9 Å². The van der Waals surface area contributed by atoms with E-state index in [1.807, 2.05) is 10.9 Å². The molecule has 0 aliphatic carbocycles. The first-order valence-electron chi connectivity index (χ1n) is 6.32. The van der Waals surface area contributed by atoms with Crippen LogP contribution in [0.4, 0.5) is 0 Å². The van der Waals surface area contributed by atoms with Gasteiger partial charge in [0.1, 0.15) is 0 Å². The van der Waals surface area contributed by atoms with Crippen molar-refractivity contribution in [3.8, 4) is 5.69 Å². The van der Waals surface area contributed by atoms with E-state index in [1.54, 1.807) is 0 Å². The molecule has 1 aromatic carbocycles. The predicted octanol–water partition coefficient (Wildman–Crippen LogP) is 3.98. The van der Waals surface area contributed by atoms with Crippen LogP contribution >= 0.6 is 15.9 Å². The lowest BCUT2D eigenvalue weighted by molar-refractivity contribution is 0.789. The molecule has 1 atom stereocenters. The second-order valence-electron chi connectivity index (χ2n) is 4.43. The van der Waals surface area contributed by atoms with E-state index in [0.29, 0.717) is 0 Å². The Bertz CT molecular complexity index is 534. The molecule has 2 aromatic rings. The van der Waals surface area contributed by atoms with Gasteiger partial charge in [-0.2, -0.15) is 0 Å². The second-order valence-corrected chi connectivity index (χ2v) is 5.53. The summed E-state index contributed by atoms with van der Waals surface area (Å²) >= 11 is 3.59. The number of rotatable bonds is 4. The van der Waals surface area contributed by atoms with Gasteiger partial charge in [0.2, 0.25) is 0 Å². The number of aryl methyl sites for hydroxylation is 2. The molecule has 1 aromatic heterocycles. The quantitative estimate of drug-likeness (QED) is 0.800. The molecule has 1 unspecified atom stereocenters. The molecule has 0 N–H and O–H groups in total. The van der Waals surface area contributed by atoms with Crippen molar-refractivity contribution in [1.29, 1.82) is 0 Å². The fraction of sp³-hybridized carbons (Fsp3) is 0.429. The molecule has 96 valence electrons. The smallest absolute Gasteiger partial charge is 0.0967 e. The summed E-state index contributed by atoms with van der Waals surface area (Å²) in [4.78, 5) is 0.280. The van der Waals surface area contributed by atoms with Gasteiger partial charge < -0.3 is 0 Å². The molecular weight excluding hydrogens is 290 g/mol. The van der Waals surface area contributed by atoms with Gasteiger partial charge in [0, 0.05) is 0 Å². The fourth-order valence-electron chi connectivity index (χ4n) is 1.97. The maximum Gasteiger partial charge on any atom is 0.0967 e. The van der Waals surface area contributed by atoms with Crippen LogP contribution in [0.1, 0.15) is 41.9 Å². The standard InChI is InChI=1S/C14H18BrN3/c1-4-11-6-7-12(8-10(11)3)18-9-14(16-17-18)13(15)5-2/h6-9,13H,4-5H2,1-3H3. The highest BCUT2D eigenvalue weighted by molar-refractivity contribution is 9.09. The lowest BCUT2D eigenvalue weighted by atomic mass is 10.1. The molecular formula is C14H18BrN3. The van der Waals surface area contributed by atoms with Crippen molar-refractivity contribution in [2.75, 3.05) is 0 Å². The van der Waals surface area contributed by atoms with Gasteiger partial charge in [-0.05, 0) is 43.0 Å². The minimum Gasteiger partial charge on any atom is -0.220 e. The van der Waals surface area contributed by atoms with E-state index in [4.69, 9.17) is 0 Å². The summed E-state index contributed by atoms with van der Waals surface area (Å²) < 4.78 is 1.84. The van der Waals surface area contributed by atoms with Crippen molar-refractivity contribution in [2.24, 2.45) is 0 Å². The number of benzene rings is 1. The first-order valence-corrected chi connectivity index (χ1v) is 7.23. The highest BCUT2D eigenvalue weighted by Gasteiger charge is 2.10. The van der Waals surface area contributed by atoms with Gasteiger partial charge in [-0.1, -0.05) is 41.1 Å². The molecule has 0 saturated carbocycles. The molecule has 3 nitrogen and oxygen atoms in total. The number of nitrogens with zero attached hydrogens (tertiary/aromatic N) is 3. The van der Waals surface area contributed by atoms with E-state index in [-0.39, 0.29) is 4.83 Å². The molecule has 0 fully saturated rings. The third-order valence-corrected chi connectivity index (χ3v) is 4.28. The Kier molecular flexibility index (Phi) is 4.17. The van der Waals surface area contributed by atoms with Crippen LogP contribution in [-0.4, -0.2) is 15.0 Å². The maximum atomic E-state index is 4.20. The van der Waals surface area contributed by atoms with E-state index in [1.165, 1.54) is 11.1 Å². The Morgan fingerprint density at radius 2 is 2.11 bits per heavy atom. The van der Waals surface area contributed by atoms with E-state index in [2.05, 4.69) is 65.2 Å². The third kappa shape index (κ3) is 2.64. The van der Waals surface area contributed by atoms with Gasteiger partial charge in [0.25, 0.3) is 0 Å². The average molecular weight is 308 g/mol. The molecule has 2 rings (SSSR count). The Morgan fingerprint density at radius 1 is 1.33 bits per heavy atom. The maximum absolute atomic E-state index is 4.20. The molecule has 0 bridgehead atoms. The summed E-state index contributed by atoms with van der Waals surface area (Å²) in [6.07, 6.45) is 4.06. The lowest BCUT2D eigenvalue weighted by Crippen LogP contribution is -1.97. The largest absolute Gasteiger partial charge is 0.220 e. The SMILES string of the molecule is CCc1ccc(-n2cc(C(Br)CC)nn2)cc1C. The summed E-state index contributed by atoms with van der Waals surface area (Å²) in [6, 6.07) is 6.42. The molecule has 0 aliphatic rings. The van der Waals surface area contributed by atoms with Crippen molar-refractivity contribution in [3.05, 3.63) is 41.2 Å². The van der Waals surface area contributed by atoms with Crippen LogP contribution in [0.5, 0.6) is 0 Å². The van der Waals surface area contributed by atoms with E-state index < -0.39 is 0 Å². The fourth-order valence-corrected chi connectivity index (χ4v) is 2.18. The first kappa shape index (κ1) is 13.3.